The van der Waals surface area contributed by atoms with Crippen molar-refractivity contribution >= 4 is 16.0 Å². The zero-order chi connectivity index (χ0) is 17.3. The quantitative estimate of drug-likeness (QED) is 0.907. The molecule has 1 aliphatic heterocycles. The highest BCUT2D eigenvalue weighted by molar-refractivity contribution is 7.88. The second kappa shape index (κ2) is 6.29. The molecule has 0 spiro atoms. The smallest absolute Gasteiger partial charge is 0.337 e. The molecule has 0 aromatic carbocycles. The van der Waals surface area contributed by atoms with Crippen LogP contribution in [0.25, 0.3) is 11.1 Å². The van der Waals surface area contributed by atoms with Gasteiger partial charge in [-0.3, -0.25) is 9.97 Å². The van der Waals surface area contributed by atoms with E-state index in [1.807, 2.05) is 6.07 Å². The predicted molar refractivity (Wildman–Crippen MR) is 88.0 cm³/mol. The zero-order valence-electron chi connectivity index (χ0n) is 13.1. The minimum atomic E-state index is -3.26. The van der Waals surface area contributed by atoms with E-state index in [0.29, 0.717) is 17.8 Å². The molecule has 8 heteroatoms. The van der Waals surface area contributed by atoms with Gasteiger partial charge in [0.1, 0.15) is 0 Å². The molecule has 2 aromatic rings. The molecule has 1 saturated heterocycles. The lowest BCUT2D eigenvalue weighted by Crippen LogP contribution is -2.29. The summed E-state index contributed by atoms with van der Waals surface area (Å²) in [4.78, 5) is 19.3. The summed E-state index contributed by atoms with van der Waals surface area (Å²) in [6.07, 6.45) is 7.25. The first kappa shape index (κ1) is 16.5. The van der Waals surface area contributed by atoms with E-state index >= 15 is 0 Å². The molecule has 126 valence electrons. The number of carboxylic acid groups (broad SMARTS) is 1. The van der Waals surface area contributed by atoms with E-state index in [4.69, 9.17) is 5.11 Å². The summed E-state index contributed by atoms with van der Waals surface area (Å²) < 4.78 is 25.2. The summed E-state index contributed by atoms with van der Waals surface area (Å²) in [7, 11) is -3.26. The molecule has 0 amide bonds. The molecule has 0 radical (unpaired) electrons. The molecule has 1 fully saturated rings. The van der Waals surface area contributed by atoms with E-state index in [9.17, 15) is 13.2 Å². The van der Waals surface area contributed by atoms with E-state index in [2.05, 4.69) is 9.97 Å². The zero-order valence-corrected chi connectivity index (χ0v) is 13.9. The van der Waals surface area contributed by atoms with Gasteiger partial charge in [0, 0.05) is 36.3 Å². The molecule has 0 saturated carbocycles. The first-order valence-electron chi connectivity index (χ1n) is 7.48. The number of rotatable bonds is 4. The number of aromatic carboxylic acids is 1. The van der Waals surface area contributed by atoms with Crippen molar-refractivity contribution in [1.82, 2.24) is 14.3 Å². The minimum Gasteiger partial charge on any atom is -0.478 e. The third kappa shape index (κ3) is 3.29. The van der Waals surface area contributed by atoms with Crippen LogP contribution in [0.1, 0.15) is 34.9 Å². The summed E-state index contributed by atoms with van der Waals surface area (Å²) in [5.41, 5.74) is 2.19. The standard InChI is InChI=1S/C16H17N3O4S/c1-24(22,23)19-6-2-3-15(19)14-5-4-11(10-18-14)12-7-13(16(20)21)9-17-8-12/h4-5,7-10,15H,2-3,6H2,1H3,(H,20,21). The number of hydrogen-bond donors (Lipinski definition) is 1. The molecule has 24 heavy (non-hydrogen) atoms. The predicted octanol–water partition coefficient (Wildman–Crippen LogP) is 1.94. The summed E-state index contributed by atoms with van der Waals surface area (Å²) in [6.45, 7) is 0.511. The maximum absolute atomic E-state index is 11.8. The molecule has 0 aliphatic carbocycles. The SMILES string of the molecule is CS(=O)(=O)N1CCCC1c1ccc(-c2cncc(C(=O)O)c2)cn1. The molecular formula is C16H17N3O4S. The van der Waals surface area contributed by atoms with E-state index in [0.717, 1.165) is 18.4 Å². The Morgan fingerprint density at radius 1 is 1.25 bits per heavy atom. The van der Waals surface area contributed by atoms with Gasteiger partial charge in [-0.05, 0) is 25.0 Å². The van der Waals surface area contributed by atoms with Gasteiger partial charge in [-0.2, -0.15) is 4.31 Å². The van der Waals surface area contributed by atoms with Gasteiger partial charge in [0.25, 0.3) is 0 Å². The molecule has 3 heterocycles. The van der Waals surface area contributed by atoms with Crippen molar-refractivity contribution in [3.63, 3.8) is 0 Å². The molecule has 3 rings (SSSR count). The molecule has 0 bridgehead atoms. The van der Waals surface area contributed by atoms with Crippen LogP contribution in [0.5, 0.6) is 0 Å². The Morgan fingerprint density at radius 3 is 2.67 bits per heavy atom. The van der Waals surface area contributed by atoms with Crippen molar-refractivity contribution in [3.8, 4) is 11.1 Å². The van der Waals surface area contributed by atoms with Crippen LogP contribution in [-0.4, -0.2) is 46.6 Å². The van der Waals surface area contributed by atoms with Crippen molar-refractivity contribution in [2.75, 3.05) is 12.8 Å². The maximum Gasteiger partial charge on any atom is 0.337 e. The van der Waals surface area contributed by atoms with Crippen LogP contribution in [0, 0.1) is 0 Å². The Balaban J connectivity index is 1.89. The minimum absolute atomic E-state index is 0.107. The van der Waals surface area contributed by atoms with Crippen LogP contribution < -0.4 is 0 Å². The van der Waals surface area contributed by atoms with Crippen LogP contribution in [0.15, 0.2) is 36.8 Å². The number of hydrogen-bond acceptors (Lipinski definition) is 5. The van der Waals surface area contributed by atoms with Gasteiger partial charge in [0.15, 0.2) is 0 Å². The molecule has 2 aromatic heterocycles. The van der Waals surface area contributed by atoms with Gasteiger partial charge in [0.2, 0.25) is 10.0 Å². The first-order chi connectivity index (χ1) is 11.4. The lowest BCUT2D eigenvalue weighted by Gasteiger charge is -2.21. The van der Waals surface area contributed by atoms with Crippen molar-refractivity contribution in [1.29, 1.82) is 0 Å². The van der Waals surface area contributed by atoms with E-state index in [1.54, 1.807) is 18.5 Å². The Morgan fingerprint density at radius 2 is 2.04 bits per heavy atom. The molecule has 7 nitrogen and oxygen atoms in total. The van der Waals surface area contributed by atoms with Gasteiger partial charge in [-0.15, -0.1) is 0 Å². The van der Waals surface area contributed by atoms with Crippen molar-refractivity contribution < 1.29 is 18.3 Å². The van der Waals surface area contributed by atoms with Gasteiger partial charge >= 0.3 is 5.97 Å². The number of carbonyl (C=O) groups is 1. The molecule has 1 unspecified atom stereocenters. The highest BCUT2D eigenvalue weighted by atomic mass is 32.2. The Bertz CT molecular complexity index is 865. The van der Waals surface area contributed by atoms with Crippen molar-refractivity contribution in [3.05, 3.63) is 48.0 Å². The third-order valence-corrected chi connectivity index (χ3v) is 5.36. The molecular weight excluding hydrogens is 330 g/mol. The monoisotopic (exact) mass is 347 g/mol. The number of nitrogens with zero attached hydrogens (tertiary/aromatic N) is 3. The van der Waals surface area contributed by atoms with E-state index < -0.39 is 16.0 Å². The Hall–Kier alpha value is -2.32. The second-order valence-corrected chi connectivity index (χ2v) is 7.71. The number of carboxylic acids is 1. The third-order valence-electron chi connectivity index (χ3n) is 4.08. The largest absolute Gasteiger partial charge is 0.478 e. The molecule has 1 atom stereocenters. The first-order valence-corrected chi connectivity index (χ1v) is 9.32. The number of aromatic nitrogens is 2. The van der Waals surface area contributed by atoms with Crippen molar-refractivity contribution in [2.24, 2.45) is 0 Å². The maximum atomic E-state index is 11.8. The second-order valence-electron chi connectivity index (χ2n) is 5.77. The lowest BCUT2D eigenvalue weighted by molar-refractivity contribution is 0.0696. The van der Waals surface area contributed by atoms with Gasteiger partial charge in [0.05, 0.1) is 23.6 Å². The Kier molecular flexibility index (Phi) is 4.33. The number of pyridine rings is 2. The average molecular weight is 347 g/mol. The van der Waals surface area contributed by atoms with Crippen LogP contribution >= 0.6 is 0 Å². The fourth-order valence-electron chi connectivity index (χ4n) is 2.92. The average Bonchev–Trinajstić information content (AvgIpc) is 3.05. The fraction of sp³-hybridized carbons (Fsp3) is 0.312. The van der Waals surface area contributed by atoms with Crippen molar-refractivity contribution in [2.45, 2.75) is 18.9 Å². The molecule has 1 aliphatic rings. The van der Waals surface area contributed by atoms with Crippen LogP contribution in [0.2, 0.25) is 0 Å². The van der Waals surface area contributed by atoms with Gasteiger partial charge in [-0.1, -0.05) is 6.07 Å². The Labute approximate surface area is 140 Å². The highest BCUT2D eigenvalue weighted by Gasteiger charge is 2.33. The lowest BCUT2D eigenvalue weighted by atomic mass is 10.1. The van der Waals surface area contributed by atoms with Crippen LogP contribution in [-0.2, 0) is 10.0 Å². The summed E-state index contributed by atoms with van der Waals surface area (Å²) in [5, 5.41) is 9.03. The topological polar surface area (TPSA) is 100 Å². The summed E-state index contributed by atoms with van der Waals surface area (Å²) in [6, 6.07) is 4.89. The molecule has 1 N–H and O–H groups in total. The van der Waals surface area contributed by atoms with Gasteiger partial charge < -0.3 is 5.11 Å². The van der Waals surface area contributed by atoms with E-state index in [-0.39, 0.29) is 11.6 Å². The number of sulfonamides is 1. The van der Waals surface area contributed by atoms with Gasteiger partial charge in [-0.25, -0.2) is 13.2 Å². The summed E-state index contributed by atoms with van der Waals surface area (Å²) >= 11 is 0. The van der Waals surface area contributed by atoms with Crippen LogP contribution in [0.4, 0.5) is 0 Å². The summed E-state index contributed by atoms with van der Waals surface area (Å²) in [5.74, 6) is -1.04. The van der Waals surface area contributed by atoms with Crippen LogP contribution in [0.3, 0.4) is 0 Å². The fourth-order valence-corrected chi connectivity index (χ4v) is 4.06. The highest BCUT2D eigenvalue weighted by Crippen LogP contribution is 2.33. The normalized spacial score (nSPS) is 18.6. The van der Waals surface area contributed by atoms with E-state index in [1.165, 1.54) is 22.8 Å².